The van der Waals surface area contributed by atoms with Gasteiger partial charge in [0.05, 0.1) is 4.47 Å². The Kier molecular flexibility index (Phi) is 2.34. The molecule has 1 heterocycles. The molecule has 0 aliphatic heterocycles. The van der Waals surface area contributed by atoms with Gasteiger partial charge in [-0.2, -0.15) is 4.39 Å². The van der Waals surface area contributed by atoms with Gasteiger partial charge in [0, 0.05) is 11.8 Å². The molecule has 0 spiro atoms. The fourth-order valence-corrected chi connectivity index (χ4v) is 0.963. The smallest absolute Gasteiger partial charge is 0.227 e. The maximum Gasteiger partial charge on any atom is 0.227 e. The molecule has 1 aromatic rings. The van der Waals surface area contributed by atoms with E-state index >= 15 is 0 Å². The standard InChI is InChI=1S/C7H5BrFNO/c1-4(11)5-2-6(8)7(9)10-3-5/h2-3H,1H3. The zero-order chi connectivity index (χ0) is 8.43. The van der Waals surface area contributed by atoms with Crippen LogP contribution in [0.15, 0.2) is 16.7 Å². The second-order valence-corrected chi connectivity index (χ2v) is 2.91. The van der Waals surface area contributed by atoms with Crippen LogP contribution in [-0.2, 0) is 0 Å². The summed E-state index contributed by atoms with van der Waals surface area (Å²) in [6.07, 6.45) is 1.21. The molecule has 0 aromatic carbocycles. The van der Waals surface area contributed by atoms with Gasteiger partial charge < -0.3 is 0 Å². The van der Waals surface area contributed by atoms with Gasteiger partial charge in [0.25, 0.3) is 0 Å². The van der Waals surface area contributed by atoms with Crippen molar-refractivity contribution in [3.8, 4) is 0 Å². The predicted octanol–water partition coefficient (Wildman–Crippen LogP) is 2.19. The van der Waals surface area contributed by atoms with Crippen LogP contribution in [-0.4, -0.2) is 10.8 Å². The van der Waals surface area contributed by atoms with E-state index in [0.717, 1.165) is 0 Å². The van der Waals surface area contributed by atoms with Gasteiger partial charge in [-0.05, 0) is 28.9 Å². The molecule has 0 N–H and O–H groups in total. The molecule has 0 atom stereocenters. The monoisotopic (exact) mass is 217 g/mol. The van der Waals surface area contributed by atoms with E-state index in [2.05, 4.69) is 20.9 Å². The van der Waals surface area contributed by atoms with Crippen molar-refractivity contribution in [1.29, 1.82) is 0 Å². The van der Waals surface area contributed by atoms with Crippen molar-refractivity contribution in [2.75, 3.05) is 0 Å². The summed E-state index contributed by atoms with van der Waals surface area (Å²) in [6, 6.07) is 1.41. The molecule has 0 radical (unpaired) electrons. The van der Waals surface area contributed by atoms with Crippen molar-refractivity contribution < 1.29 is 9.18 Å². The summed E-state index contributed by atoms with van der Waals surface area (Å²) in [7, 11) is 0. The van der Waals surface area contributed by atoms with Crippen LogP contribution in [0.25, 0.3) is 0 Å². The number of rotatable bonds is 1. The number of ketones is 1. The van der Waals surface area contributed by atoms with Gasteiger partial charge in [-0.15, -0.1) is 0 Å². The fourth-order valence-electron chi connectivity index (χ4n) is 0.614. The number of halogens is 2. The SMILES string of the molecule is CC(=O)c1cnc(F)c(Br)c1. The Morgan fingerprint density at radius 2 is 2.36 bits per heavy atom. The number of nitrogens with zero attached hydrogens (tertiary/aromatic N) is 1. The maximum atomic E-state index is 12.5. The van der Waals surface area contributed by atoms with Gasteiger partial charge in [0.1, 0.15) is 0 Å². The topological polar surface area (TPSA) is 30.0 Å². The Morgan fingerprint density at radius 1 is 1.73 bits per heavy atom. The van der Waals surface area contributed by atoms with Gasteiger partial charge in [-0.25, -0.2) is 4.98 Å². The highest BCUT2D eigenvalue weighted by molar-refractivity contribution is 9.10. The number of hydrogen-bond acceptors (Lipinski definition) is 2. The van der Waals surface area contributed by atoms with E-state index < -0.39 is 5.95 Å². The quantitative estimate of drug-likeness (QED) is 0.534. The number of carbonyl (C=O) groups is 1. The number of pyridine rings is 1. The molecule has 0 aliphatic rings. The van der Waals surface area contributed by atoms with Crippen molar-refractivity contribution in [2.24, 2.45) is 0 Å². The fraction of sp³-hybridized carbons (Fsp3) is 0.143. The summed E-state index contributed by atoms with van der Waals surface area (Å²) in [5.41, 5.74) is 0.401. The molecule has 0 unspecified atom stereocenters. The van der Waals surface area contributed by atoms with Crippen molar-refractivity contribution in [1.82, 2.24) is 4.98 Å². The summed E-state index contributed by atoms with van der Waals surface area (Å²) in [5, 5.41) is 0. The normalized spacial score (nSPS) is 9.73. The first-order valence-corrected chi connectivity index (χ1v) is 3.72. The van der Waals surface area contributed by atoms with Crippen LogP contribution >= 0.6 is 15.9 Å². The predicted molar refractivity (Wildman–Crippen MR) is 41.9 cm³/mol. The van der Waals surface area contributed by atoms with E-state index in [1.165, 1.54) is 19.2 Å². The van der Waals surface area contributed by atoms with E-state index in [0.29, 0.717) is 5.56 Å². The number of aromatic nitrogens is 1. The Bertz CT molecular complexity index is 300. The van der Waals surface area contributed by atoms with Crippen molar-refractivity contribution in [3.63, 3.8) is 0 Å². The first-order valence-electron chi connectivity index (χ1n) is 2.93. The molecule has 0 bridgehead atoms. The van der Waals surface area contributed by atoms with Crippen LogP contribution in [0.3, 0.4) is 0 Å². The third kappa shape index (κ3) is 1.83. The van der Waals surface area contributed by atoms with Crippen molar-refractivity contribution in [2.45, 2.75) is 6.92 Å². The van der Waals surface area contributed by atoms with Gasteiger partial charge >= 0.3 is 0 Å². The minimum Gasteiger partial charge on any atom is -0.294 e. The molecular formula is C7H5BrFNO. The van der Waals surface area contributed by atoms with Crippen molar-refractivity contribution in [3.05, 3.63) is 28.2 Å². The summed E-state index contributed by atoms with van der Waals surface area (Å²) in [6.45, 7) is 1.40. The third-order valence-corrected chi connectivity index (χ3v) is 1.76. The van der Waals surface area contributed by atoms with Crippen LogP contribution in [0.5, 0.6) is 0 Å². The Hall–Kier alpha value is -0.770. The number of Topliss-reactive ketones (excluding diaryl/α,β-unsaturated/α-hetero) is 1. The van der Waals surface area contributed by atoms with Crippen LogP contribution in [0.4, 0.5) is 4.39 Å². The van der Waals surface area contributed by atoms with Crippen LogP contribution in [0.1, 0.15) is 17.3 Å². The zero-order valence-electron chi connectivity index (χ0n) is 5.77. The lowest BCUT2D eigenvalue weighted by Gasteiger charge is -1.95. The summed E-state index contributed by atoms with van der Waals surface area (Å²) >= 11 is 2.92. The molecule has 1 aromatic heterocycles. The summed E-state index contributed by atoms with van der Waals surface area (Å²) in [4.78, 5) is 14.1. The van der Waals surface area contributed by atoms with E-state index in [9.17, 15) is 9.18 Å². The van der Waals surface area contributed by atoms with Crippen molar-refractivity contribution >= 4 is 21.7 Å². The second kappa shape index (κ2) is 3.09. The first-order chi connectivity index (χ1) is 5.11. The largest absolute Gasteiger partial charge is 0.294 e. The molecule has 0 fully saturated rings. The summed E-state index contributed by atoms with van der Waals surface area (Å²) < 4.78 is 12.7. The number of hydrogen-bond donors (Lipinski definition) is 0. The molecule has 4 heteroatoms. The number of carbonyl (C=O) groups excluding carboxylic acids is 1. The van der Waals surface area contributed by atoms with E-state index in [1.54, 1.807) is 0 Å². The molecule has 0 saturated carbocycles. The average molecular weight is 218 g/mol. The minimum absolute atomic E-state index is 0.127. The Balaban J connectivity index is 3.15. The maximum absolute atomic E-state index is 12.5. The zero-order valence-corrected chi connectivity index (χ0v) is 7.35. The molecular weight excluding hydrogens is 213 g/mol. The van der Waals surface area contributed by atoms with E-state index in [-0.39, 0.29) is 10.3 Å². The second-order valence-electron chi connectivity index (χ2n) is 2.05. The van der Waals surface area contributed by atoms with E-state index in [4.69, 9.17) is 0 Å². The first kappa shape index (κ1) is 8.33. The minimum atomic E-state index is -0.602. The molecule has 1 rings (SSSR count). The lowest BCUT2D eigenvalue weighted by molar-refractivity contribution is 0.101. The summed E-state index contributed by atoms with van der Waals surface area (Å²) in [5.74, 6) is -0.729. The Labute approximate surface area is 71.6 Å². The molecule has 0 amide bonds. The van der Waals surface area contributed by atoms with Gasteiger partial charge in [0.2, 0.25) is 5.95 Å². The molecule has 58 valence electrons. The highest BCUT2D eigenvalue weighted by atomic mass is 79.9. The van der Waals surface area contributed by atoms with Gasteiger partial charge in [-0.1, -0.05) is 0 Å². The average Bonchev–Trinajstić information content (AvgIpc) is 1.94. The van der Waals surface area contributed by atoms with Gasteiger partial charge in [0.15, 0.2) is 5.78 Å². The van der Waals surface area contributed by atoms with Gasteiger partial charge in [-0.3, -0.25) is 4.79 Å². The van der Waals surface area contributed by atoms with Crippen LogP contribution in [0, 0.1) is 5.95 Å². The van der Waals surface area contributed by atoms with E-state index in [1.807, 2.05) is 0 Å². The highest BCUT2D eigenvalue weighted by Gasteiger charge is 2.04. The van der Waals surface area contributed by atoms with Crippen LogP contribution < -0.4 is 0 Å². The van der Waals surface area contributed by atoms with Crippen LogP contribution in [0.2, 0.25) is 0 Å². The molecule has 0 saturated heterocycles. The molecule has 11 heavy (non-hydrogen) atoms. The lowest BCUT2D eigenvalue weighted by atomic mass is 10.2. The molecule has 2 nitrogen and oxygen atoms in total. The highest BCUT2D eigenvalue weighted by Crippen LogP contribution is 2.14. The Morgan fingerprint density at radius 3 is 2.82 bits per heavy atom. The molecule has 0 aliphatic carbocycles. The lowest BCUT2D eigenvalue weighted by Crippen LogP contribution is -1.95. The third-order valence-electron chi connectivity index (χ3n) is 1.20.